The molecule has 0 unspecified atom stereocenters. The van der Waals surface area contributed by atoms with E-state index in [-0.39, 0.29) is 12.4 Å². The van der Waals surface area contributed by atoms with Crippen LogP contribution in [0.4, 0.5) is 0 Å². The number of furan rings is 1. The van der Waals surface area contributed by atoms with Gasteiger partial charge in [0.2, 0.25) is 0 Å². The second-order valence-electron chi connectivity index (χ2n) is 3.79. The molecule has 2 aromatic heterocycles. The first kappa shape index (κ1) is 11.2. The summed E-state index contributed by atoms with van der Waals surface area (Å²) in [6.45, 7) is 1.38. The van der Waals surface area contributed by atoms with Crippen LogP contribution in [0.15, 0.2) is 22.9 Å². The Labute approximate surface area is 99.8 Å². The Kier molecular flexibility index (Phi) is 3.03. The van der Waals surface area contributed by atoms with Crippen LogP contribution in [0.3, 0.4) is 0 Å². The summed E-state index contributed by atoms with van der Waals surface area (Å²) in [4.78, 5) is 0. The van der Waals surface area contributed by atoms with Gasteiger partial charge in [-0.1, -0.05) is 0 Å². The second kappa shape index (κ2) is 4.31. The lowest BCUT2D eigenvalue weighted by Gasteiger charge is -2.13. The molecule has 3 rings (SSSR count). The fourth-order valence-electron chi connectivity index (χ4n) is 2.20. The molecule has 1 aliphatic rings. The normalized spacial score (nSPS) is 12.8. The molecule has 5 heteroatoms. The number of nitrogens with zero attached hydrogens (tertiary/aromatic N) is 2. The lowest BCUT2D eigenvalue weighted by molar-refractivity contribution is 0.506. The van der Waals surface area contributed by atoms with Gasteiger partial charge in [-0.25, -0.2) is 0 Å². The van der Waals surface area contributed by atoms with Crippen molar-refractivity contribution in [2.45, 2.75) is 19.4 Å². The Morgan fingerprint density at radius 2 is 2.31 bits per heavy atom. The summed E-state index contributed by atoms with van der Waals surface area (Å²) < 4.78 is 7.42. The van der Waals surface area contributed by atoms with E-state index in [1.807, 2.05) is 16.9 Å². The van der Waals surface area contributed by atoms with Gasteiger partial charge in [0.25, 0.3) is 0 Å². The summed E-state index contributed by atoms with van der Waals surface area (Å²) in [6.07, 6.45) is 5.69. The van der Waals surface area contributed by atoms with Gasteiger partial charge in [-0.3, -0.25) is 4.68 Å². The second-order valence-corrected chi connectivity index (χ2v) is 3.79. The monoisotopic (exact) mass is 239 g/mol. The SMILES string of the molecule is Cl.NCCn1ncc2c1-c1ccoc1CC2. The molecule has 2 N–H and O–H groups in total. The summed E-state index contributed by atoms with van der Waals surface area (Å²) in [5.41, 5.74) is 9.24. The summed E-state index contributed by atoms with van der Waals surface area (Å²) in [6, 6.07) is 2.02. The Morgan fingerprint density at radius 3 is 3.12 bits per heavy atom. The highest BCUT2D eigenvalue weighted by Gasteiger charge is 2.22. The number of rotatable bonds is 2. The zero-order valence-corrected chi connectivity index (χ0v) is 9.67. The number of fused-ring (bicyclic) bond motifs is 3. The van der Waals surface area contributed by atoms with E-state index in [9.17, 15) is 0 Å². The molecule has 0 amide bonds. The topological polar surface area (TPSA) is 57.0 Å². The zero-order valence-electron chi connectivity index (χ0n) is 8.85. The van der Waals surface area contributed by atoms with Gasteiger partial charge in [0.15, 0.2) is 0 Å². The molecule has 1 aliphatic carbocycles. The highest BCUT2D eigenvalue weighted by atomic mass is 35.5. The van der Waals surface area contributed by atoms with Gasteiger partial charge in [-0.05, 0) is 18.1 Å². The van der Waals surface area contributed by atoms with E-state index < -0.39 is 0 Å². The van der Waals surface area contributed by atoms with Crippen LogP contribution in [0.1, 0.15) is 11.3 Å². The van der Waals surface area contributed by atoms with E-state index in [0.717, 1.165) is 25.1 Å². The number of aromatic nitrogens is 2. The number of hydrogen-bond donors (Lipinski definition) is 1. The lowest BCUT2D eigenvalue weighted by Crippen LogP contribution is -2.13. The molecule has 16 heavy (non-hydrogen) atoms. The summed E-state index contributed by atoms with van der Waals surface area (Å²) in [7, 11) is 0. The molecule has 0 spiro atoms. The predicted molar refractivity (Wildman–Crippen MR) is 63.6 cm³/mol. The Bertz CT molecular complexity index is 489. The Morgan fingerprint density at radius 1 is 1.44 bits per heavy atom. The van der Waals surface area contributed by atoms with E-state index in [2.05, 4.69) is 5.10 Å². The first-order chi connectivity index (χ1) is 7.40. The Hall–Kier alpha value is -1.26. The van der Waals surface area contributed by atoms with Crippen LogP contribution in [0, 0.1) is 0 Å². The van der Waals surface area contributed by atoms with Crippen LogP contribution in [0.25, 0.3) is 11.3 Å². The molecule has 2 aromatic rings. The zero-order chi connectivity index (χ0) is 10.3. The first-order valence-corrected chi connectivity index (χ1v) is 5.21. The molecule has 0 atom stereocenters. The molecule has 0 saturated heterocycles. The molecular weight excluding hydrogens is 226 g/mol. The fraction of sp³-hybridized carbons (Fsp3) is 0.364. The molecule has 0 bridgehead atoms. The molecule has 86 valence electrons. The third kappa shape index (κ3) is 1.54. The molecule has 0 fully saturated rings. The first-order valence-electron chi connectivity index (χ1n) is 5.21. The average Bonchev–Trinajstić information content (AvgIpc) is 2.83. The maximum Gasteiger partial charge on any atom is 0.113 e. The van der Waals surface area contributed by atoms with Crippen molar-refractivity contribution in [3.8, 4) is 11.3 Å². The van der Waals surface area contributed by atoms with E-state index in [0.29, 0.717) is 6.54 Å². The number of hydrogen-bond acceptors (Lipinski definition) is 3. The standard InChI is InChI=1S/C11H13N3O.ClH/c12-4-5-14-11-8(7-13-14)1-2-10-9(11)3-6-15-10;/h3,6-7H,1-2,4-5,12H2;1H. The highest BCUT2D eigenvalue weighted by Crippen LogP contribution is 2.33. The van der Waals surface area contributed by atoms with Gasteiger partial charge in [-0.15, -0.1) is 12.4 Å². The van der Waals surface area contributed by atoms with Crippen molar-refractivity contribution >= 4 is 12.4 Å². The number of aryl methyl sites for hydroxylation is 2. The van der Waals surface area contributed by atoms with Gasteiger partial charge in [0.05, 0.1) is 24.7 Å². The maximum absolute atomic E-state index is 5.56. The molecule has 4 nitrogen and oxygen atoms in total. The van der Waals surface area contributed by atoms with Crippen LogP contribution >= 0.6 is 12.4 Å². The summed E-state index contributed by atoms with van der Waals surface area (Å²) in [5, 5.41) is 4.36. The summed E-state index contributed by atoms with van der Waals surface area (Å²) in [5.74, 6) is 1.07. The molecule has 2 heterocycles. The van der Waals surface area contributed by atoms with Crippen molar-refractivity contribution in [3.63, 3.8) is 0 Å². The third-order valence-corrected chi connectivity index (χ3v) is 2.88. The molecular formula is C11H14ClN3O. The van der Waals surface area contributed by atoms with Gasteiger partial charge in [0.1, 0.15) is 5.76 Å². The number of halogens is 1. The van der Waals surface area contributed by atoms with Crippen LogP contribution in [-0.2, 0) is 19.4 Å². The van der Waals surface area contributed by atoms with E-state index in [1.54, 1.807) is 6.26 Å². The van der Waals surface area contributed by atoms with E-state index in [4.69, 9.17) is 10.2 Å². The third-order valence-electron chi connectivity index (χ3n) is 2.88. The highest BCUT2D eigenvalue weighted by molar-refractivity contribution is 5.85. The predicted octanol–water partition coefficient (Wildman–Crippen LogP) is 1.62. The molecule has 0 radical (unpaired) electrons. The summed E-state index contributed by atoms with van der Waals surface area (Å²) >= 11 is 0. The van der Waals surface area contributed by atoms with Crippen LogP contribution in [-0.4, -0.2) is 16.3 Å². The smallest absolute Gasteiger partial charge is 0.113 e. The van der Waals surface area contributed by atoms with Crippen molar-refractivity contribution in [1.82, 2.24) is 9.78 Å². The minimum Gasteiger partial charge on any atom is -0.469 e. The van der Waals surface area contributed by atoms with Crippen molar-refractivity contribution in [1.29, 1.82) is 0 Å². The van der Waals surface area contributed by atoms with Gasteiger partial charge in [-0.2, -0.15) is 5.10 Å². The molecule has 0 aliphatic heterocycles. The molecule has 0 aromatic carbocycles. The van der Waals surface area contributed by atoms with Gasteiger partial charge < -0.3 is 10.2 Å². The van der Waals surface area contributed by atoms with Gasteiger partial charge >= 0.3 is 0 Å². The van der Waals surface area contributed by atoms with Crippen molar-refractivity contribution < 1.29 is 4.42 Å². The minimum absolute atomic E-state index is 0. The van der Waals surface area contributed by atoms with Crippen molar-refractivity contribution in [3.05, 3.63) is 29.9 Å². The largest absolute Gasteiger partial charge is 0.469 e. The van der Waals surface area contributed by atoms with Crippen molar-refractivity contribution in [2.24, 2.45) is 5.73 Å². The maximum atomic E-state index is 5.56. The Balaban J connectivity index is 0.000000963. The van der Waals surface area contributed by atoms with Crippen LogP contribution < -0.4 is 5.73 Å². The average molecular weight is 240 g/mol. The number of nitrogens with two attached hydrogens (primary N) is 1. The van der Waals surface area contributed by atoms with Crippen molar-refractivity contribution in [2.75, 3.05) is 6.54 Å². The van der Waals surface area contributed by atoms with Crippen LogP contribution in [0.2, 0.25) is 0 Å². The van der Waals surface area contributed by atoms with Gasteiger partial charge in [0, 0.05) is 18.5 Å². The lowest BCUT2D eigenvalue weighted by atomic mass is 9.96. The minimum atomic E-state index is 0. The van der Waals surface area contributed by atoms with E-state index in [1.165, 1.54) is 16.8 Å². The molecule has 0 saturated carbocycles. The van der Waals surface area contributed by atoms with E-state index >= 15 is 0 Å². The van der Waals surface area contributed by atoms with Crippen LogP contribution in [0.5, 0.6) is 0 Å². The quantitative estimate of drug-likeness (QED) is 0.867. The fourth-order valence-corrected chi connectivity index (χ4v) is 2.20.